The van der Waals surface area contributed by atoms with Gasteiger partial charge in [-0.3, -0.25) is 0 Å². The summed E-state index contributed by atoms with van der Waals surface area (Å²) in [5.41, 5.74) is 4.37. The van der Waals surface area contributed by atoms with E-state index >= 15 is 0 Å². The molecule has 32 heavy (non-hydrogen) atoms. The summed E-state index contributed by atoms with van der Waals surface area (Å²) in [5.74, 6) is 1.08. The summed E-state index contributed by atoms with van der Waals surface area (Å²) < 4.78 is 7.27. The fraction of sp³-hybridized carbons (Fsp3) is 0.217. The van der Waals surface area contributed by atoms with Crippen molar-refractivity contribution in [1.82, 2.24) is 35.7 Å². The second kappa shape index (κ2) is 9.34. The van der Waals surface area contributed by atoms with Crippen molar-refractivity contribution in [3.8, 4) is 22.6 Å². The zero-order valence-electron chi connectivity index (χ0n) is 18.1. The Kier molecular flexibility index (Phi) is 6.16. The van der Waals surface area contributed by atoms with Crippen LogP contribution in [0.2, 0.25) is 0 Å². The average molecular weight is 429 g/mol. The number of hydrogen-bond acceptors (Lipinski definition) is 7. The molecule has 0 saturated carbocycles. The Morgan fingerprint density at radius 1 is 1.09 bits per heavy atom. The average Bonchev–Trinajstić information content (AvgIpc) is 3.29. The molecule has 4 rings (SSSR count). The molecule has 9 heteroatoms. The number of ether oxygens (including phenoxy) is 1. The Hall–Kier alpha value is -4.14. The van der Waals surface area contributed by atoms with Crippen molar-refractivity contribution in [3.63, 3.8) is 0 Å². The second-order valence-corrected chi connectivity index (χ2v) is 7.35. The molecule has 1 atom stereocenters. The first kappa shape index (κ1) is 21.1. The molecule has 0 bridgehead atoms. The van der Waals surface area contributed by atoms with Crippen LogP contribution in [0.1, 0.15) is 37.0 Å². The SMILES string of the molecule is CCc1nnnn1-c1cc(OC(=O)NC(C)c2cccnn2)cc(-c2ccc(C)cc2)c1. The lowest BCUT2D eigenvalue weighted by molar-refractivity contribution is 0.196. The Labute approximate surface area is 185 Å². The maximum absolute atomic E-state index is 12.6. The molecule has 2 heterocycles. The molecule has 9 nitrogen and oxygen atoms in total. The van der Waals surface area contributed by atoms with Gasteiger partial charge < -0.3 is 10.1 Å². The van der Waals surface area contributed by atoms with Gasteiger partial charge in [-0.25, -0.2) is 4.79 Å². The molecule has 0 spiro atoms. The molecule has 4 aromatic rings. The van der Waals surface area contributed by atoms with E-state index in [9.17, 15) is 4.79 Å². The van der Waals surface area contributed by atoms with Gasteiger partial charge in [0.05, 0.1) is 17.4 Å². The monoisotopic (exact) mass is 429 g/mol. The topological polar surface area (TPSA) is 108 Å². The van der Waals surface area contributed by atoms with Gasteiger partial charge in [0.25, 0.3) is 0 Å². The van der Waals surface area contributed by atoms with E-state index in [1.165, 1.54) is 0 Å². The zero-order chi connectivity index (χ0) is 22.5. The summed E-state index contributed by atoms with van der Waals surface area (Å²) in [7, 11) is 0. The number of carbonyl (C=O) groups excluding carboxylic acids is 1. The van der Waals surface area contributed by atoms with Crippen LogP contribution in [-0.4, -0.2) is 36.5 Å². The molecule has 0 aliphatic heterocycles. The van der Waals surface area contributed by atoms with Gasteiger partial charge in [-0.2, -0.15) is 14.9 Å². The third kappa shape index (κ3) is 4.77. The van der Waals surface area contributed by atoms with Gasteiger partial charge in [-0.1, -0.05) is 36.8 Å². The van der Waals surface area contributed by atoms with E-state index in [0.29, 0.717) is 29.4 Å². The molecule has 162 valence electrons. The van der Waals surface area contributed by atoms with Crippen molar-refractivity contribution >= 4 is 6.09 Å². The number of carbonyl (C=O) groups is 1. The molecule has 0 aliphatic carbocycles. The van der Waals surface area contributed by atoms with E-state index in [0.717, 1.165) is 16.7 Å². The molecule has 2 aromatic heterocycles. The lowest BCUT2D eigenvalue weighted by Crippen LogP contribution is -2.30. The van der Waals surface area contributed by atoms with Crippen LogP contribution in [0.5, 0.6) is 5.75 Å². The van der Waals surface area contributed by atoms with Crippen molar-refractivity contribution in [3.05, 3.63) is 77.9 Å². The molecule has 0 aliphatic rings. The van der Waals surface area contributed by atoms with Gasteiger partial charge in [0.1, 0.15) is 5.75 Å². The van der Waals surface area contributed by atoms with Crippen LogP contribution in [0.15, 0.2) is 60.8 Å². The fourth-order valence-electron chi connectivity index (χ4n) is 3.24. The van der Waals surface area contributed by atoms with E-state index in [-0.39, 0.29) is 6.04 Å². The molecular formula is C23H23N7O2. The van der Waals surface area contributed by atoms with E-state index in [4.69, 9.17) is 4.74 Å². The normalized spacial score (nSPS) is 11.7. The minimum atomic E-state index is -0.595. The third-order valence-corrected chi connectivity index (χ3v) is 4.95. The smallest absolute Gasteiger partial charge is 0.410 e. The highest BCUT2D eigenvalue weighted by atomic mass is 16.6. The van der Waals surface area contributed by atoms with Gasteiger partial charge in [0.15, 0.2) is 5.82 Å². The second-order valence-electron chi connectivity index (χ2n) is 7.35. The summed E-state index contributed by atoms with van der Waals surface area (Å²) >= 11 is 0. The first-order valence-electron chi connectivity index (χ1n) is 10.3. The Bertz CT molecular complexity index is 1210. The third-order valence-electron chi connectivity index (χ3n) is 4.95. The summed E-state index contributed by atoms with van der Waals surface area (Å²) in [6.45, 7) is 5.82. The van der Waals surface area contributed by atoms with Crippen LogP contribution in [0.4, 0.5) is 4.79 Å². The van der Waals surface area contributed by atoms with Crippen molar-refractivity contribution in [2.24, 2.45) is 0 Å². The number of rotatable bonds is 6. The Morgan fingerprint density at radius 2 is 1.91 bits per heavy atom. The Morgan fingerprint density at radius 3 is 2.62 bits per heavy atom. The fourth-order valence-corrected chi connectivity index (χ4v) is 3.24. The summed E-state index contributed by atoms with van der Waals surface area (Å²) in [5, 5.41) is 22.6. The lowest BCUT2D eigenvalue weighted by atomic mass is 10.0. The van der Waals surface area contributed by atoms with Crippen LogP contribution < -0.4 is 10.1 Å². The highest BCUT2D eigenvalue weighted by Gasteiger charge is 2.15. The predicted octanol–water partition coefficient (Wildman–Crippen LogP) is 3.84. The van der Waals surface area contributed by atoms with Crippen LogP contribution >= 0.6 is 0 Å². The van der Waals surface area contributed by atoms with Crippen LogP contribution in [0.25, 0.3) is 16.8 Å². The van der Waals surface area contributed by atoms with Gasteiger partial charge in [0.2, 0.25) is 0 Å². The quantitative estimate of drug-likeness (QED) is 0.496. The number of benzene rings is 2. The largest absolute Gasteiger partial charge is 0.413 e. The molecule has 0 fully saturated rings. The van der Waals surface area contributed by atoms with Crippen molar-refractivity contribution in [1.29, 1.82) is 0 Å². The molecule has 1 unspecified atom stereocenters. The number of hydrogen-bond donors (Lipinski definition) is 1. The first-order chi connectivity index (χ1) is 15.5. The van der Waals surface area contributed by atoms with E-state index in [1.807, 2.05) is 57.2 Å². The predicted molar refractivity (Wildman–Crippen MR) is 118 cm³/mol. The molecular weight excluding hydrogens is 406 g/mol. The minimum Gasteiger partial charge on any atom is -0.410 e. The number of aryl methyl sites for hydroxylation is 2. The maximum atomic E-state index is 12.6. The van der Waals surface area contributed by atoms with Crippen LogP contribution in [0, 0.1) is 6.92 Å². The highest BCUT2D eigenvalue weighted by Crippen LogP contribution is 2.28. The summed E-state index contributed by atoms with van der Waals surface area (Å²) in [6.07, 6.45) is 1.65. The van der Waals surface area contributed by atoms with Gasteiger partial charge in [-0.15, -0.1) is 5.10 Å². The minimum absolute atomic E-state index is 0.359. The standard InChI is InChI=1S/C23H23N7O2/c1-4-22-27-28-29-30(22)19-12-18(17-9-7-15(2)8-10-17)13-20(14-19)32-23(31)25-16(3)21-6-5-11-24-26-21/h5-14,16H,4H2,1-3H3,(H,25,31). The molecule has 0 radical (unpaired) electrons. The van der Waals surface area contributed by atoms with E-state index in [2.05, 4.69) is 31.0 Å². The van der Waals surface area contributed by atoms with Gasteiger partial charge >= 0.3 is 6.09 Å². The number of tetrazole rings is 1. The molecule has 2 aromatic carbocycles. The Balaban J connectivity index is 1.64. The van der Waals surface area contributed by atoms with Crippen molar-refractivity contribution in [2.45, 2.75) is 33.2 Å². The summed E-state index contributed by atoms with van der Waals surface area (Å²) in [4.78, 5) is 12.6. The molecule has 0 saturated heterocycles. The van der Waals surface area contributed by atoms with E-state index < -0.39 is 6.09 Å². The number of nitrogens with one attached hydrogen (secondary N) is 1. The first-order valence-corrected chi connectivity index (χ1v) is 10.3. The van der Waals surface area contributed by atoms with Gasteiger partial charge in [-0.05, 0) is 59.7 Å². The van der Waals surface area contributed by atoms with Crippen molar-refractivity contribution < 1.29 is 9.53 Å². The maximum Gasteiger partial charge on any atom is 0.413 e. The number of aromatic nitrogens is 6. The number of nitrogens with zero attached hydrogens (tertiary/aromatic N) is 6. The number of amides is 1. The van der Waals surface area contributed by atoms with Crippen molar-refractivity contribution in [2.75, 3.05) is 0 Å². The van der Waals surface area contributed by atoms with Crippen LogP contribution in [-0.2, 0) is 6.42 Å². The lowest BCUT2D eigenvalue weighted by Gasteiger charge is -2.14. The van der Waals surface area contributed by atoms with Crippen LogP contribution in [0.3, 0.4) is 0 Å². The molecule has 1 amide bonds. The zero-order valence-corrected chi connectivity index (χ0v) is 18.1. The summed E-state index contributed by atoms with van der Waals surface area (Å²) in [6, 6.07) is 16.8. The van der Waals surface area contributed by atoms with E-state index in [1.54, 1.807) is 29.1 Å². The molecule has 1 N–H and O–H groups in total. The van der Waals surface area contributed by atoms with Gasteiger partial charge in [0, 0.05) is 18.7 Å². The highest BCUT2D eigenvalue weighted by molar-refractivity contribution is 5.74.